The Morgan fingerprint density at radius 3 is 2.57 bits per heavy atom. The predicted molar refractivity (Wildman–Crippen MR) is 106 cm³/mol. The second-order valence-corrected chi connectivity index (χ2v) is 7.39. The third kappa shape index (κ3) is 3.26. The molecule has 2 aliphatic heterocycles. The number of nitrogens with zero attached hydrogens (tertiary/aromatic N) is 2. The first-order chi connectivity index (χ1) is 14.4. The number of nitrogens with one attached hydrogen (secondary N) is 1. The van der Waals surface area contributed by atoms with Crippen molar-refractivity contribution in [3.05, 3.63) is 63.2 Å². The molecule has 0 bridgehead atoms. The lowest BCUT2D eigenvalue weighted by Gasteiger charge is -2.26. The molecule has 2 amide bonds. The van der Waals surface area contributed by atoms with Gasteiger partial charge >= 0.3 is 0 Å². The standard InChI is InChI=1S/C21H21N3O6/c1-29-14-6-8-19(30-2)17(11-14)18-4-3-9-22(18)12-23-20(25)15-7-5-13(24(27)28)10-16(15)21(23)26/h5-8,10-11,18H,3-4,9,12H2,1-2H3/p+1/t18-/m0/s1. The Bertz CT molecular complexity index is 1040. The zero-order valence-electron chi connectivity index (χ0n) is 16.7. The lowest BCUT2D eigenvalue weighted by Crippen LogP contribution is -3.12. The fraction of sp³-hybridized carbons (Fsp3) is 0.333. The second-order valence-electron chi connectivity index (χ2n) is 7.39. The van der Waals surface area contributed by atoms with Crippen LogP contribution in [0, 0.1) is 10.1 Å². The van der Waals surface area contributed by atoms with Gasteiger partial charge in [0.15, 0.2) is 6.67 Å². The summed E-state index contributed by atoms with van der Waals surface area (Å²) in [6.07, 6.45) is 1.82. The molecule has 9 nitrogen and oxygen atoms in total. The molecule has 2 aromatic rings. The van der Waals surface area contributed by atoms with Crippen LogP contribution >= 0.6 is 0 Å². The Balaban J connectivity index is 1.61. The lowest BCUT2D eigenvalue weighted by molar-refractivity contribution is -0.925. The maximum absolute atomic E-state index is 12.9. The van der Waals surface area contributed by atoms with Gasteiger partial charge in [0, 0.05) is 25.0 Å². The van der Waals surface area contributed by atoms with Crippen molar-refractivity contribution < 1.29 is 28.9 Å². The van der Waals surface area contributed by atoms with E-state index in [0.717, 1.165) is 35.6 Å². The average molecular weight is 412 g/mol. The number of carbonyl (C=O) groups is 2. The summed E-state index contributed by atoms with van der Waals surface area (Å²) in [6.45, 7) is 0.976. The van der Waals surface area contributed by atoms with Gasteiger partial charge in [-0.1, -0.05) is 0 Å². The van der Waals surface area contributed by atoms with Gasteiger partial charge in [0.25, 0.3) is 17.5 Å². The smallest absolute Gasteiger partial charge is 0.270 e. The van der Waals surface area contributed by atoms with Crippen LogP contribution in [0.15, 0.2) is 36.4 Å². The molecule has 1 N–H and O–H groups in total. The number of nitro groups is 1. The largest absolute Gasteiger partial charge is 0.497 e. The summed E-state index contributed by atoms with van der Waals surface area (Å²) in [5.74, 6) is 0.540. The number of benzene rings is 2. The Morgan fingerprint density at radius 2 is 1.87 bits per heavy atom. The van der Waals surface area contributed by atoms with E-state index in [1.807, 2.05) is 18.2 Å². The van der Waals surface area contributed by atoms with Gasteiger partial charge in [-0.2, -0.15) is 0 Å². The van der Waals surface area contributed by atoms with Crippen molar-refractivity contribution >= 4 is 17.5 Å². The van der Waals surface area contributed by atoms with Gasteiger partial charge in [-0.3, -0.25) is 19.7 Å². The summed E-state index contributed by atoms with van der Waals surface area (Å²) in [5, 5.41) is 11.0. The summed E-state index contributed by atoms with van der Waals surface area (Å²) in [5.41, 5.74) is 1.06. The number of nitro benzene ring substituents is 1. The predicted octanol–water partition coefficient (Wildman–Crippen LogP) is 1.59. The molecule has 0 saturated carbocycles. The summed E-state index contributed by atoms with van der Waals surface area (Å²) in [4.78, 5) is 38.4. The number of fused-ring (bicyclic) bond motifs is 1. The number of carbonyl (C=O) groups excluding carboxylic acids is 2. The van der Waals surface area contributed by atoms with Crippen molar-refractivity contribution in [2.45, 2.75) is 18.9 Å². The molecule has 2 aliphatic rings. The maximum atomic E-state index is 12.9. The minimum Gasteiger partial charge on any atom is -0.497 e. The van der Waals surface area contributed by atoms with Crippen LogP contribution in [0.3, 0.4) is 0 Å². The molecule has 1 unspecified atom stereocenters. The monoisotopic (exact) mass is 412 g/mol. The minimum absolute atomic E-state index is 0.0358. The summed E-state index contributed by atoms with van der Waals surface area (Å²) < 4.78 is 10.9. The topological polar surface area (TPSA) is 103 Å². The highest BCUT2D eigenvalue weighted by Crippen LogP contribution is 2.32. The van der Waals surface area contributed by atoms with Gasteiger partial charge < -0.3 is 14.4 Å². The van der Waals surface area contributed by atoms with Crippen molar-refractivity contribution in [1.82, 2.24) is 4.90 Å². The van der Waals surface area contributed by atoms with Crippen LogP contribution in [0.5, 0.6) is 11.5 Å². The van der Waals surface area contributed by atoms with Crippen LogP contribution in [0.2, 0.25) is 0 Å². The van der Waals surface area contributed by atoms with E-state index in [1.165, 1.54) is 23.1 Å². The molecule has 0 radical (unpaired) electrons. The quantitative estimate of drug-likeness (QED) is 0.439. The molecule has 9 heteroatoms. The molecular weight excluding hydrogens is 390 g/mol. The third-order valence-electron chi connectivity index (χ3n) is 5.82. The number of hydrogen-bond donors (Lipinski definition) is 1. The molecule has 0 aliphatic carbocycles. The molecule has 4 rings (SSSR count). The van der Waals surface area contributed by atoms with E-state index in [2.05, 4.69) is 0 Å². The number of non-ortho nitro benzene ring substituents is 1. The van der Waals surface area contributed by atoms with E-state index >= 15 is 0 Å². The van der Waals surface area contributed by atoms with Crippen molar-refractivity contribution in [3.63, 3.8) is 0 Å². The van der Waals surface area contributed by atoms with Crippen molar-refractivity contribution in [3.8, 4) is 11.5 Å². The Morgan fingerprint density at radius 1 is 1.10 bits per heavy atom. The van der Waals surface area contributed by atoms with Gasteiger partial charge in [0.2, 0.25) is 0 Å². The first-order valence-corrected chi connectivity index (χ1v) is 9.65. The summed E-state index contributed by atoms with van der Waals surface area (Å²) >= 11 is 0. The SMILES string of the molecule is COc1ccc(OC)c([C@@H]2CCC[NH+]2CN2C(=O)c3ccc([N+](=O)[O-])cc3C2=O)c1. The highest BCUT2D eigenvalue weighted by Gasteiger charge is 2.42. The molecular formula is C21H22N3O6+. The molecule has 2 heterocycles. The molecule has 156 valence electrons. The van der Waals surface area contributed by atoms with Gasteiger partial charge in [0.1, 0.15) is 17.5 Å². The fourth-order valence-corrected chi connectivity index (χ4v) is 4.33. The number of quaternary nitrogens is 1. The van der Waals surface area contributed by atoms with E-state index in [1.54, 1.807) is 14.2 Å². The van der Waals surface area contributed by atoms with Crippen LogP contribution < -0.4 is 14.4 Å². The van der Waals surface area contributed by atoms with Crippen LogP contribution in [0.1, 0.15) is 45.2 Å². The molecule has 0 aromatic heterocycles. The van der Waals surface area contributed by atoms with Gasteiger partial charge in [-0.25, -0.2) is 4.90 Å². The first kappa shape index (κ1) is 19.8. The summed E-state index contributed by atoms with van der Waals surface area (Å²) in [7, 11) is 3.21. The average Bonchev–Trinajstić information content (AvgIpc) is 3.31. The Kier molecular flexibility index (Phi) is 5.13. The molecule has 1 fully saturated rings. The van der Waals surface area contributed by atoms with E-state index < -0.39 is 16.7 Å². The number of amides is 2. The van der Waals surface area contributed by atoms with E-state index in [0.29, 0.717) is 5.75 Å². The van der Waals surface area contributed by atoms with Crippen LogP contribution in [0.4, 0.5) is 5.69 Å². The number of rotatable bonds is 6. The minimum atomic E-state index is -0.572. The lowest BCUT2D eigenvalue weighted by atomic mass is 10.0. The highest BCUT2D eigenvalue weighted by atomic mass is 16.6. The van der Waals surface area contributed by atoms with E-state index in [4.69, 9.17) is 9.47 Å². The van der Waals surface area contributed by atoms with E-state index in [-0.39, 0.29) is 29.5 Å². The van der Waals surface area contributed by atoms with Crippen LogP contribution in [-0.4, -0.2) is 49.1 Å². The summed E-state index contributed by atoms with van der Waals surface area (Å²) in [6, 6.07) is 9.43. The third-order valence-corrected chi connectivity index (χ3v) is 5.82. The van der Waals surface area contributed by atoms with Gasteiger partial charge in [0.05, 0.1) is 42.4 Å². The number of ether oxygens (including phenoxy) is 2. The zero-order chi connectivity index (χ0) is 21.4. The molecule has 1 saturated heterocycles. The molecule has 2 aromatic carbocycles. The number of hydrogen-bond acceptors (Lipinski definition) is 6. The van der Waals surface area contributed by atoms with E-state index in [9.17, 15) is 19.7 Å². The van der Waals surface area contributed by atoms with Gasteiger partial charge in [-0.05, 0) is 24.3 Å². The van der Waals surface area contributed by atoms with Gasteiger partial charge in [-0.15, -0.1) is 0 Å². The fourth-order valence-electron chi connectivity index (χ4n) is 4.33. The zero-order valence-corrected chi connectivity index (χ0v) is 16.7. The van der Waals surface area contributed by atoms with Crippen molar-refractivity contribution in [2.24, 2.45) is 0 Å². The number of imide groups is 1. The Labute approximate surface area is 172 Å². The number of methoxy groups -OCH3 is 2. The van der Waals surface area contributed by atoms with Crippen LogP contribution in [-0.2, 0) is 0 Å². The normalized spacial score (nSPS) is 20.4. The molecule has 2 atom stereocenters. The molecule has 30 heavy (non-hydrogen) atoms. The second kappa shape index (κ2) is 7.75. The van der Waals surface area contributed by atoms with Crippen molar-refractivity contribution in [1.29, 1.82) is 0 Å². The first-order valence-electron chi connectivity index (χ1n) is 9.65. The highest BCUT2D eigenvalue weighted by molar-refractivity contribution is 6.21. The number of likely N-dealkylation sites (tertiary alicyclic amines) is 1. The molecule has 0 spiro atoms. The van der Waals surface area contributed by atoms with Crippen LogP contribution in [0.25, 0.3) is 0 Å². The van der Waals surface area contributed by atoms with Crippen molar-refractivity contribution in [2.75, 3.05) is 27.4 Å². The Hall–Kier alpha value is -3.46. The maximum Gasteiger partial charge on any atom is 0.270 e.